The summed E-state index contributed by atoms with van der Waals surface area (Å²) >= 11 is 0. The van der Waals surface area contributed by atoms with Gasteiger partial charge in [0, 0.05) is 5.56 Å². The standard InChI is InChI=1S/C11H10F2N4O/c12-11(13)18-7-3-1-6(2-4-7)10-16-5-8(14)9(15)17-10/h1-5,11H,14H2,(H2,15,16,17). The topological polar surface area (TPSA) is 87.0 Å². The maximum atomic E-state index is 12.0. The number of hydrogen-bond acceptors (Lipinski definition) is 5. The Morgan fingerprint density at radius 2 is 1.78 bits per heavy atom. The van der Waals surface area contributed by atoms with Gasteiger partial charge in [-0.05, 0) is 24.3 Å². The summed E-state index contributed by atoms with van der Waals surface area (Å²) in [6, 6.07) is 5.92. The number of halogens is 2. The average Bonchev–Trinajstić information content (AvgIpc) is 2.33. The van der Waals surface area contributed by atoms with Crippen LogP contribution < -0.4 is 16.2 Å². The van der Waals surface area contributed by atoms with E-state index in [1.54, 1.807) is 12.1 Å². The lowest BCUT2D eigenvalue weighted by molar-refractivity contribution is -0.0498. The van der Waals surface area contributed by atoms with Gasteiger partial charge in [0.25, 0.3) is 0 Å². The number of benzene rings is 1. The van der Waals surface area contributed by atoms with E-state index in [2.05, 4.69) is 14.7 Å². The zero-order chi connectivity index (χ0) is 13.1. The highest BCUT2D eigenvalue weighted by molar-refractivity contribution is 5.63. The van der Waals surface area contributed by atoms with Gasteiger partial charge >= 0.3 is 6.61 Å². The van der Waals surface area contributed by atoms with E-state index in [9.17, 15) is 8.78 Å². The number of aromatic nitrogens is 2. The van der Waals surface area contributed by atoms with Gasteiger partial charge in [-0.25, -0.2) is 9.97 Å². The second-order valence-corrected chi connectivity index (χ2v) is 3.44. The lowest BCUT2D eigenvalue weighted by atomic mass is 10.2. The third kappa shape index (κ3) is 2.62. The molecule has 0 spiro atoms. The van der Waals surface area contributed by atoms with Crippen LogP contribution in [0.15, 0.2) is 30.5 Å². The Bertz CT molecular complexity index is 545. The Balaban J connectivity index is 2.25. The van der Waals surface area contributed by atoms with E-state index in [0.717, 1.165) is 0 Å². The fourth-order valence-corrected chi connectivity index (χ4v) is 1.33. The maximum Gasteiger partial charge on any atom is 0.387 e. The molecular weight excluding hydrogens is 242 g/mol. The van der Waals surface area contributed by atoms with E-state index in [4.69, 9.17) is 11.5 Å². The number of nitrogens with zero attached hydrogens (tertiary/aromatic N) is 2. The Morgan fingerprint density at radius 3 is 2.33 bits per heavy atom. The number of nitrogens with two attached hydrogens (primary N) is 2. The molecule has 2 aromatic rings. The van der Waals surface area contributed by atoms with Crippen molar-refractivity contribution in [3.8, 4) is 17.1 Å². The van der Waals surface area contributed by atoms with Gasteiger partial charge in [0.2, 0.25) is 0 Å². The lowest BCUT2D eigenvalue weighted by Gasteiger charge is -2.06. The van der Waals surface area contributed by atoms with Gasteiger partial charge in [-0.1, -0.05) is 0 Å². The molecule has 2 rings (SSSR count). The van der Waals surface area contributed by atoms with Crippen LogP contribution >= 0.6 is 0 Å². The molecule has 4 N–H and O–H groups in total. The van der Waals surface area contributed by atoms with E-state index < -0.39 is 6.61 Å². The predicted octanol–water partition coefficient (Wildman–Crippen LogP) is 1.91. The van der Waals surface area contributed by atoms with Gasteiger partial charge < -0.3 is 16.2 Å². The van der Waals surface area contributed by atoms with Crippen LogP contribution in [0.25, 0.3) is 11.4 Å². The summed E-state index contributed by atoms with van der Waals surface area (Å²) < 4.78 is 28.2. The third-order valence-corrected chi connectivity index (χ3v) is 2.19. The Labute approximate surface area is 101 Å². The highest BCUT2D eigenvalue weighted by Gasteiger charge is 2.07. The molecule has 0 saturated carbocycles. The van der Waals surface area contributed by atoms with Crippen molar-refractivity contribution in [2.75, 3.05) is 11.5 Å². The molecule has 0 bridgehead atoms. The minimum atomic E-state index is -2.85. The van der Waals surface area contributed by atoms with Crippen molar-refractivity contribution < 1.29 is 13.5 Å². The van der Waals surface area contributed by atoms with Crippen LogP contribution in [0, 0.1) is 0 Å². The highest BCUT2D eigenvalue weighted by Crippen LogP contribution is 2.22. The highest BCUT2D eigenvalue weighted by atomic mass is 19.3. The van der Waals surface area contributed by atoms with Crippen LogP contribution in [0.1, 0.15) is 0 Å². The first kappa shape index (κ1) is 12.0. The van der Waals surface area contributed by atoms with Crippen molar-refractivity contribution in [2.24, 2.45) is 0 Å². The Kier molecular flexibility index (Phi) is 3.22. The van der Waals surface area contributed by atoms with E-state index in [-0.39, 0.29) is 17.3 Å². The van der Waals surface area contributed by atoms with Crippen LogP contribution in [0.2, 0.25) is 0 Å². The van der Waals surface area contributed by atoms with Crippen molar-refractivity contribution in [2.45, 2.75) is 6.61 Å². The molecule has 0 radical (unpaired) electrons. The van der Waals surface area contributed by atoms with Gasteiger partial charge in [0.05, 0.1) is 11.9 Å². The smallest absolute Gasteiger partial charge is 0.387 e. The molecule has 5 nitrogen and oxygen atoms in total. The normalized spacial score (nSPS) is 10.6. The molecule has 18 heavy (non-hydrogen) atoms. The second-order valence-electron chi connectivity index (χ2n) is 3.44. The first-order valence-corrected chi connectivity index (χ1v) is 4.99. The largest absolute Gasteiger partial charge is 0.435 e. The summed E-state index contributed by atoms with van der Waals surface area (Å²) in [7, 11) is 0. The minimum absolute atomic E-state index is 0.0668. The van der Waals surface area contributed by atoms with E-state index in [1.807, 2.05) is 0 Å². The molecule has 0 atom stereocenters. The minimum Gasteiger partial charge on any atom is -0.435 e. The first-order chi connectivity index (χ1) is 8.56. The number of nitrogen functional groups attached to an aromatic ring is 2. The molecule has 1 aromatic carbocycles. The van der Waals surface area contributed by atoms with Crippen LogP contribution in [0.3, 0.4) is 0 Å². The number of alkyl halides is 2. The Morgan fingerprint density at radius 1 is 1.11 bits per heavy atom. The number of anilines is 2. The van der Waals surface area contributed by atoms with Crippen molar-refractivity contribution in [1.82, 2.24) is 9.97 Å². The monoisotopic (exact) mass is 252 g/mol. The Hall–Kier alpha value is -2.44. The van der Waals surface area contributed by atoms with Crippen molar-refractivity contribution in [1.29, 1.82) is 0 Å². The number of hydrogen-bond donors (Lipinski definition) is 2. The van der Waals surface area contributed by atoms with Gasteiger partial charge in [0.15, 0.2) is 11.6 Å². The van der Waals surface area contributed by atoms with E-state index >= 15 is 0 Å². The molecule has 1 heterocycles. The number of rotatable bonds is 3. The van der Waals surface area contributed by atoms with Crippen molar-refractivity contribution >= 4 is 11.5 Å². The lowest BCUT2D eigenvalue weighted by Crippen LogP contribution is -2.02. The number of ether oxygens (including phenoxy) is 1. The zero-order valence-corrected chi connectivity index (χ0v) is 9.18. The van der Waals surface area contributed by atoms with Crippen molar-refractivity contribution in [3.63, 3.8) is 0 Å². The summed E-state index contributed by atoms with van der Waals surface area (Å²) in [4.78, 5) is 7.98. The van der Waals surface area contributed by atoms with Crippen LogP contribution in [-0.2, 0) is 0 Å². The van der Waals surface area contributed by atoms with Crippen LogP contribution in [0.5, 0.6) is 5.75 Å². The summed E-state index contributed by atoms with van der Waals surface area (Å²) in [5.41, 5.74) is 12.0. The molecule has 7 heteroatoms. The molecule has 1 aromatic heterocycles. The SMILES string of the molecule is Nc1cnc(-c2ccc(OC(F)F)cc2)nc1N. The quantitative estimate of drug-likeness (QED) is 0.871. The van der Waals surface area contributed by atoms with Crippen LogP contribution in [0.4, 0.5) is 20.3 Å². The maximum absolute atomic E-state index is 12.0. The molecule has 94 valence electrons. The summed E-state index contributed by atoms with van der Waals surface area (Å²) in [5.74, 6) is 0.607. The molecule has 0 fully saturated rings. The molecular formula is C11H10F2N4O. The van der Waals surface area contributed by atoms with Gasteiger partial charge in [-0.2, -0.15) is 8.78 Å². The molecule has 0 aliphatic heterocycles. The molecule has 0 unspecified atom stereocenters. The summed E-state index contributed by atoms with van der Waals surface area (Å²) in [5, 5.41) is 0. The van der Waals surface area contributed by atoms with Crippen molar-refractivity contribution in [3.05, 3.63) is 30.5 Å². The zero-order valence-electron chi connectivity index (χ0n) is 9.18. The third-order valence-electron chi connectivity index (χ3n) is 2.19. The fraction of sp³-hybridized carbons (Fsp3) is 0.0909. The fourth-order valence-electron chi connectivity index (χ4n) is 1.33. The molecule has 0 saturated heterocycles. The van der Waals surface area contributed by atoms with Gasteiger partial charge in [-0.15, -0.1) is 0 Å². The first-order valence-electron chi connectivity index (χ1n) is 4.99. The van der Waals surface area contributed by atoms with Gasteiger partial charge in [-0.3, -0.25) is 0 Å². The summed E-state index contributed by atoms with van der Waals surface area (Å²) in [6.07, 6.45) is 1.39. The molecule has 0 aliphatic carbocycles. The average molecular weight is 252 g/mol. The summed E-state index contributed by atoms with van der Waals surface area (Å²) in [6.45, 7) is -2.85. The van der Waals surface area contributed by atoms with Crippen LogP contribution in [-0.4, -0.2) is 16.6 Å². The van der Waals surface area contributed by atoms with E-state index in [1.165, 1.54) is 18.3 Å². The second kappa shape index (κ2) is 4.82. The predicted molar refractivity (Wildman–Crippen MR) is 62.9 cm³/mol. The van der Waals surface area contributed by atoms with Gasteiger partial charge in [0.1, 0.15) is 5.75 Å². The molecule has 0 aliphatic rings. The molecule has 0 amide bonds. The van der Waals surface area contributed by atoms with E-state index in [0.29, 0.717) is 11.4 Å².